The van der Waals surface area contributed by atoms with Crippen LogP contribution < -0.4 is 5.73 Å². The molecule has 0 bridgehead atoms. The summed E-state index contributed by atoms with van der Waals surface area (Å²) in [5, 5.41) is 0.699. The van der Waals surface area contributed by atoms with Gasteiger partial charge in [0.1, 0.15) is 17.3 Å². The Morgan fingerprint density at radius 3 is 2.65 bits per heavy atom. The molecule has 1 heterocycles. The fraction of sp³-hybridized carbons (Fsp3) is 0.400. The fourth-order valence-corrected chi connectivity index (χ4v) is 3.39. The number of benzene rings is 1. The molecule has 0 aliphatic heterocycles. The first-order valence-corrected chi connectivity index (χ1v) is 7.99. The number of hydrogen-bond donors (Lipinski definition) is 1. The van der Waals surface area contributed by atoms with Gasteiger partial charge in [0.2, 0.25) is 0 Å². The van der Waals surface area contributed by atoms with Gasteiger partial charge in [0.05, 0.1) is 0 Å². The van der Waals surface area contributed by atoms with E-state index in [0.29, 0.717) is 17.0 Å². The summed E-state index contributed by atoms with van der Waals surface area (Å²) >= 11 is 9.56. The molecule has 1 aromatic heterocycles. The van der Waals surface area contributed by atoms with E-state index in [-0.39, 0.29) is 0 Å². The summed E-state index contributed by atoms with van der Waals surface area (Å²) in [5.74, 6) is 2.43. The summed E-state index contributed by atoms with van der Waals surface area (Å²) in [7, 11) is 0. The lowest BCUT2D eigenvalue weighted by molar-refractivity contribution is 0.576. The number of nitrogens with two attached hydrogens (primary N) is 1. The van der Waals surface area contributed by atoms with Gasteiger partial charge in [0.15, 0.2) is 0 Å². The number of anilines is 1. The van der Waals surface area contributed by atoms with Crippen molar-refractivity contribution in [2.45, 2.75) is 38.6 Å². The molecule has 2 N–H and O–H groups in total. The first-order chi connectivity index (χ1) is 9.49. The molecule has 0 radical (unpaired) electrons. The van der Waals surface area contributed by atoms with Gasteiger partial charge in [0, 0.05) is 27.0 Å². The summed E-state index contributed by atoms with van der Waals surface area (Å²) < 4.78 is 3.08. The molecule has 1 saturated carbocycles. The molecular weight excluding hydrogens is 338 g/mol. The molecule has 0 amide bonds. The second-order valence-corrected chi connectivity index (χ2v) is 6.86. The van der Waals surface area contributed by atoms with Crippen LogP contribution in [0.3, 0.4) is 0 Å². The molecule has 0 atom stereocenters. The van der Waals surface area contributed by atoms with Crippen LogP contribution in [-0.4, -0.2) is 9.55 Å². The van der Waals surface area contributed by atoms with Crippen LogP contribution in [0.1, 0.15) is 44.5 Å². The van der Waals surface area contributed by atoms with Crippen molar-refractivity contribution in [1.29, 1.82) is 0 Å². The van der Waals surface area contributed by atoms with Gasteiger partial charge in [-0.2, -0.15) is 0 Å². The molecule has 0 unspecified atom stereocenters. The number of halogens is 2. The van der Waals surface area contributed by atoms with E-state index in [2.05, 4.69) is 34.3 Å². The molecule has 20 heavy (non-hydrogen) atoms. The van der Waals surface area contributed by atoms with E-state index in [1.165, 1.54) is 12.8 Å². The predicted octanol–water partition coefficient (Wildman–Crippen LogP) is 5.01. The number of aromatic nitrogens is 2. The smallest absolute Gasteiger partial charge is 0.132 e. The Morgan fingerprint density at radius 2 is 2.10 bits per heavy atom. The average Bonchev–Trinajstić information content (AvgIpc) is 3.14. The Morgan fingerprint density at radius 1 is 1.40 bits per heavy atom. The van der Waals surface area contributed by atoms with Crippen LogP contribution in [0.25, 0.3) is 11.3 Å². The largest absolute Gasteiger partial charge is 0.383 e. The number of hydrogen-bond acceptors (Lipinski definition) is 2. The minimum Gasteiger partial charge on any atom is -0.383 e. The molecule has 106 valence electrons. The van der Waals surface area contributed by atoms with Gasteiger partial charge in [-0.05, 0) is 38.8 Å². The average molecular weight is 355 g/mol. The lowest BCUT2D eigenvalue weighted by Gasteiger charge is -2.13. The van der Waals surface area contributed by atoms with E-state index in [0.717, 1.165) is 27.4 Å². The van der Waals surface area contributed by atoms with E-state index >= 15 is 0 Å². The van der Waals surface area contributed by atoms with Crippen LogP contribution in [0.2, 0.25) is 5.02 Å². The van der Waals surface area contributed by atoms with E-state index in [1.807, 2.05) is 18.2 Å². The Labute approximate surface area is 132 Å². The Bertz CT molecular complexity index is 659. The Balaban J connectivity index is 2.16. The minimum absolute atomic E-state index is 0.318. The first-order valence-electron chi connectivity index (χ1n) is 6.82. The van der Waals surface area contributed by atoms with Crippen molar-refractivity contribution in [2.75, 3.05) is 5.73 Å². The van der Waals surface area contributed by atoms with Crippen LogP contribution >= 0.6 is 27.5 Å². The van der Waals surface area contributed by atoms with Crippen LogP contribution in [0, 0.1) is 0 Å². The Hall–Kier alpha value is -1.00. The number of nitrogens with zero attached hydrogens (tertiary/aromatic N) is 2. The maximum Gasteiger partial charge on any atom is 0.132 e. The van der Waals surface area contributed by atoms with Gasteiger partial charge < -0.3 is 10.3 Å². The van der Waals surface area contributed by atoms with Crippen molar-refractivity contribution < 1.29 is 0 Å². The summed E-state index contributed by atoms with van der Waals surface area (Å²) in [6.07, 6.45) is 2.43. The van der Waals surface area contributed by atoms with Gasteiger partial charge in [-0.1, -0.05) is 33.6 Å². The summed E-state index contributed by atoms with van der Waals surface area (Å²) in [6.45, 7) is 4.29. The number of rotatable bonds is 3. The molecule has 0 saturated heterocycles. The van der Waals surface area contributed by atoms with Crippen LogP contribution in [0.5, 0.6) is 0 Å². The van der Waals surface area contributed by atoms with Gasteiger partial charge >= 0.3 is 0 Å². The van der Waals surface area contributed by atoms with Gasteiger partial charge in [0.25, 0.3) is 0 Å². The highest BCUT2D eigenvalue weighted by molar-refractivity contribution is 9.10. The standard InChI is InChI=1S/C15H17BrClN3/c1-8(2)20-14(18)13(19-15(20)9-3-4-9)11-6-5-10(17)7-12(11)16/h5-9H,3-4,18H2,1-2H3. The number of nitrogen functional groups attached to an aromatic ring is 1. The van der Waals surface area contributed by atoms with Crippen molar-refractivity contribution in [3.05, 3.63) is 33.5 Å². The van der Waals surface area contributed by atoms with Gasteiger partial charge in [-0.3, -0.25) is 0 Å². The normalized spacial score (nSPS) is 15.1. The maximum atomic E-state index is 6.36. The molecule has 1 aliphatic carbocycles. The summed E-state index contributed by atoms with van der Waals surface area (Å²) in [6, 6.07) is 6.03. The van der Waals surface area contributed by atoms with Crippen molar-refractivity contribution >= 4 is 33.3 Å². The van der Waals surface area contributed by atoms with E-state index in [9.17, 15) is 0 Å². The summed E-state index contributed by atoms with van der Waals surface area (Å²) in [4.78, 5) is 4.82. The first kappa shape index (κ1) is 14.0. The zero-order valence-corrected chi connectivity index (χ0v) is 13.9. The molecule has 3 nitrogen and oxygen atoms in total. The molecule has 5 heteroatoms. The third-order valence-electron chi connectivity index (χ3n) is 3.62. The SMILES string of the molecule is CC(C)n1c(C2CC2)nc(-c2ccc(Cl)cc2Br)c1N. The fourth-order valence-electron chi connectivity index (χ4n) is 2.52. The van der Waals surface area contributed by atoms with Crippen molar-refractivity contribution in [3.63, 3.8) is 0 Å². The van der Waals surface area contributed by atoms with Crippen LogP contribution in [0.15, 0.2) is 22.7 Å². The zero-order valence-electron chi connectivity index (χ0n) is 11.5. The molecule has 2 aromatic rings. The lowest BCUT2D eigenvalue weighted by Crippen LogP contribution is -2.08. The lowest BCUT2D eigenvalue weighted by atomic mass is 10.1. The molecule has 1 aromatic carbocycles. The van der Waals surface area contributed by atoms with E-state index < -0.39 is 0 Å². The zero-order chi connectivity index (χ0) is 14.4. The Kier molecular flexibility index (Phi) is 3.55. The molecule has 1 aliphatic rings. The van der Waals surface area contributed by atoms with Crippen molar-refractivity contribution in [2.24, 2.45) is 0 Å². The quantitative estimate of drug-likeness (QED) is 0.842. The van der Waals surface area contributed by atoms with Gasteiger partial charge in [-0.25, -0.2) is 4.98 Å². The van der Waals surface area contributed by atoms with Crippen LogP contribution in [-0.2, 0) is 0 Å². The van der Waals surface area contributed by atoms with E-state index in [1.54, 1.807) is 0 Å². The molecule has 3 rings (SSSR count). The number of imidazole rings is 1. The third-order valence-corrected chi connectivity index (χ3v) is 4.51. The topological polar surface area (TPSA) is 43.8 Å². The highest BCUT2D eigenvalue weighted by Gasteiger charge is 2.32. The monoisotopic (exact) mass is 353 g/mol. The van der Waals surface area contributed by atoms with Crippen LogP contribution in [0.4, 0.5) is 5.82 Å². The summed E-state index contributed by atoms with van der Waals surface area (Å²) in [5.41, 5.74) is 8.20. The highest BCUT2D eigenvalue weighted by atomic mass is 79.9. The third kappa shape index (κ3) is 2.35. The second kappa shape index (κ2) is 5.08. The second-order valence-electron chi connectivity index (χ2n) is 5.57. The molecule has 1 fully saturated rings. The maximum absolute atomic E-state index is 6.36. The molecular formula is C15H17BrClN3. The van der Waals surface area contributed by atoms with E-state index in [4.69, 9.17) is 22.3 Å². The minimum atomic E-state index is 0.318. The van der Waals surface area contributed by atoms with Crippen molar-refractivity contribution in [3.8, 4) is 11.3 Å². The molecule has 0 spiro atoms. The highest BCUT2D eigenvalue weighted by Crippen LogP contribution is 2.44. The van der Waals surface area contributed by atoms with Crippen molar-refractivity contribution in [1.82, 2.24) is 9.55 Å². The van der Waals surface area contributed by atoms with Gasteiger partial charge in [-0.15, -0.1) is 0 Å². The predicted molar refractivity (Wildman–Crippen MR) is 87.1 cm³/mol.